The Morgan fingerprint density at radius 3 is 2.50 bits per heavy atom. The predicted octanol–water partition coefficient (Wildman–Crippen LogP) is 2.94. The van der Waals surface area contributed by atoms with Gasteiger partial charge < -0.3 is 0 Å². The van der Waals surface area contributed by atoms with Crippen molar-refractivity contribution in [2.45, 2.75) is 64.0 Å². The van der Waals surface area contributed by atoms with Crippen LogP contribution in [-0.2, 0) is 0 Å². The highest BCUT2D eigenvalue weighted by atomic mass is 15.2. The third-order valence-corrected chi connectivity index (χ3v) is 3.52. The van der Waals surface area contributed by atoms with E-state index in [1.165, 1.54) is 32.1 Å². The van der Waals surface area contributed by atoms with Crippen molar-refractivity contribution in [3.05, 3.63) is 0 Å². The van der Waals surface area contributed by atoms with E-state index in [9.17, 15) is 0 Å². The fourth-order valence-electron chi connectivity index (χ4n) is 2.47. The molecular weight excluding hydrogens is 172 g/mol. The van der Waals surface area contributed by atoms with Crippen molar-refractivity contribution < 1.29 is 0 Å². The molecule has 0 heterocycles. The third-order valence-electron chi connectivity index (χ3n) is 3.52. The molecule has 0 spiro atoms. The molecule has 1 aliphatic carbocycles. The van der Waals surface area contributed by atoms with Gasteiger partial charge in [-0.3, -0.25) is 4.90 Å². The molecule has 0 bridgehead atoms. The molecule has 2 nitrogen and oxygen atoms in total. The largest absolute Gasteiger partial charge is 0.299 e. The summed E-state index contributed by atoms with van der Waals surface area (Å²) in [4.78, 5) is 2.45. The quantitative estimate of drug-likeness (QED) is 0.688. The summed E-state index contributed by atoms with van der Waals surface area (Å²) in [5.74, 6) is 0. The summed E-state index contributed by atoms with van der Waals surface area (Å²) >= 11 is 0. The molecule has 1 fully saturated rings. The van der Waals surface area contributed by atoms with Gasteiger partial charge in [0.2, 0.25) is 0 Å². The lowest BCUT2D eigenvalue weighted by Crippen LogP contribution is -2.40. The molecule has 0 N–H and O–H groups in total. The molecule has 0 amide bonds. The van der Waals surface area contributed by atoms with Gasteiger partial charge in [-0.2, -0.15) is 5.26 Å². The Hall–Kier alpha value is -0.550. The molecule has 0 radical (unpaired) electrons. The van der Waals surface area contributed by atoms with Gasteiger partial charge in [-0.05, 0) is 26.3 Å². The maximum atomic E-state index is 8.74. The Kier molecular flexibility index (Phi) is 4.97. The van der Waals surface area contributed by atoms with E-state index in [0.717, 1.165) is 12.5 Å². The first kappa shape index (κ1) is 11.5. The summed E-state index contributed by atoms with van der Waals surface area (Å²) in [7, 11) is 2.20. The standard InChI is InChI=1S/C12H22N2/c1-3-11(9-10-13)14(2)12-7-5-4-6-8-12/h11-12H,3-9H2,1-2H3. The van der Waals surface area contributed by atoms with Crippen molar-refractivity contribution >= 4 is 0 Å². The van der Waals surface area contributed by atoms with Gasteiger partial charge >= 0.3 is 0 Å². The summed E-state index contributed by atoms with van der Waals surface area (Å²) in [6.07, 6.45) is 8.59. The van der Waals surface area contributed by atoms with Crippen LogP contribution in [0.4, 0.5) is 0 Å². The normalized spacial score (nSPS) is 20.7. The lowest BCUT2D eigenvalue weighted by atomic mass is 9.93. The minimum atomic E-state index is 0.475. The zero-order chi connectivity index (χ0) is 10.4. The monoisotopic (exact) mass is 194 g/mol. The first-order valence-corrected chi connectivity index (χ1v) is 5.88. The van der Waals surface area contributed by atoms with E-state index < -0.39 is 0 Å². The molecule has 0 aromatic rings. The van der Waals surface area contributed by atoms with Crippen molar-refractivity contribution in [1.82, 2.24) is 4.90 Å². The average Bonchev–Trinajstić information content (AvgIpc) is 2.26. The van der Waals surface area contributed by atoms with Crippen LogP contribution >= 0.6 is 0 Å². The van der Waals surface area contributed by atoms with Crippen LogP contribution in [-0.4, -0.2) is 24.0 Å². The summed E-state index contributed by atoms with van der Waals surface area (Å²) < 4.78 is 0. The van der Waals surface area contributed by atoms with E-state index in [2.05, 4.69) is 24.9 Å². The average molecular weight is 194 g/mol. The third kappa shape index (κ3) is 2.99. The molecule has 0 aromatic carbocycles. The van der Waals surface area contributed by atoms with E-state index in [1.807, 2.05) is 0 Å². The van der Waals surface area contributed by atoms with Crippen LogP contribution < -0.4 is 0 Å². The molecule has 1 atom stereocenters. The minimum Gasteiger partial charge on any atom is -0.299 e. The highest BCUT2D eigenvalue weighted by Gasteiger charge is 2.22. The number of nitriles is 1. The van der Waals surface area contributed by atoms with Gasteiger partial charge in [0, 0.05) is 12.1 Å². The van der Waals surface area contributed by atoms with Crippen LogP contribution in [0.3, 0.4) is 0 Å². The molecule has 1 unspecified atom stereocenters. The van der Waals surface area contributed by atoms with Gasteiger partial charge in [-0.1, -0.05) is 26.2 Å². The molecule has 2 heteroatoms. The summed E-state index contributed by atoms with van der Waals surface area (Å²) in [6.45, 7) is 2.18. The van der Waals surface area contributed by atoms with Gasteiger partial charge in [0.25, 0.3) is 0 Å². The predicted molar refractivity (Wildman–Crippen MR) is 58.9 cm³/mol. The van der Waals surface area contributed by atoms with Crippen molar-refractivity contribution in [3.63, 3.8) is 0 Å². The molecule has 0 aromatic heterocycles. The van der Waals surface area contributed by atoms with Crippen LogP contribution in [0.2, 0.25) is 0 Å². The topological polar surface area (TPSA) is 27.0 Å². The second-order valence-corrected chi connectivity index (χ2v) is 4.38. The Labute approximate surface area is 87.9 Å². The van der Waals surface area contributed by atoms with Crippen LogP contribution in [0.25, 0.3) is 0 Å². The first-order chi connectivity index (χ1) is 6.79. The molecule has 14 heavy (non-hydrogen) atoms. The zero-order valence-electron chi connectivity index (χ0n) is 9.50. The number of rotatable bonds is 4. The number of hydrogen-bond donors (Lipinski definition) is 0. The van der Waals surface area contributed by atoms with Gasteiger partial charge in [0.15, 0.2) is 0 Å². The second-order valence-electron chi connectivity index (χ2n) is 4.38. The van der Waals surface area contributed by atoms with Crippen LogP contribution in [0.15, 0.2) is 0 Å². The number of hydrogen-bond acceptors (Lipinski definition) is 2. The first-order valence-electron chi connectivity index (χ1n) is 5.88. The van der Waals surface area contributed by atoms with Gasteiger partial charge in [-0.15, -0.1) is 0 Å². The lowest BCUT2D eigenvalue weighted by Gasteiger charge is -2.35. The van der Waals surface area contributed by atoms with Crippen LogP contribution in [0, 0.1) is 11.3 Å². The van der Waals surface area contributed by atoms with Gasteiger partial charge in [0.1, 0.15) is 0 Å². The maximum Gasteiger partial charge on any atom is 0.0638 e. The van der Waals surface area contributed by atoms with Gasteiger partial charge in [-0.25, -0.2) is 0 Å². The van der Waals surface area contributed by atoms with E-state index in [0.29, 0.717) is 12.5 Å². The van der Waals surface area contributed by atoms with Gasteiger partial charge in [0.05, 0.1) is 12.5 Å². The minimum absolute atomic E-state index is 0.475. The molecule has 1 saturated carbocycles. The van der Waals surface area contributed by atoms with Crippen LogP contribution in [0.5, 0.6) is 0 Å². The smallest absolute Gasteiger partial charge is 0.0638 e. The Balaban J connectivity index is 2.43. The fraction of sp³-hybridized carbons (Fsp3) is 0.917. The SMILES string of the molecule is CCC(CC#N)N(C)C1CCCCC1. The maximum absolute atomic E-state index is 8.74. The van der Waals surface area contributed by atoms with Crippen molar-refractivity contribution in [1.29, 1.82) is 5.26 Å². The lowest BCUT2D eigenvalue weighted by molar-refractivity contribution is 0.135. The molecule has 1 aliphatic rings. The van der Waals surface area contributed by atoms with Crippen LogP contribution in [0.1, 0.15) is 51.9 Å². The highest BCUT2D eigenvalue weighted by Crippen LogP contribution is 2.24. The van der Waals surface area contributed by atoms with E-state index in [-0.39, 0.29) is 0 Å². The van der Waals surface area contributed by atoms with Crippen molar-refractivity contribution in [2.75, 3.05) is 7.05 Å². The Morgan fingerprint density at radius 2 is 2.00 bits per heavy atom. The number of nitrogens with zero attached hydrogens (tertiary/aromatic N) is 2. The zero-order valence-corrected chi connectivity index (χ0v) is 9.50. The summed E-state index contributed by atoms with van der Waals surface area (Å²) in [5, 5.41) is 8.74. The summed E-state index contributed by atoms with van der Waals surface area (Å²) in [5.41, 5.74) is 0. The Morgan fingerprint density at radius 1 is 1.36 bits per heavy atom. The van der Waals surface area contributed by atoms with Crippen molar-refractivity contribution in [3.8, 4) is 6.07 Å². The van der Waals surface area contributed by atoms with E-state index >= 15 is 0 Å². The van der Waals surface area contributed by atoms with Crippen molar-refractivity contribution in [2.24, 2.45) is 0 Å². The molecule has 80 valence electrons. The molecule has 0 saturated heterocycles. The summed E-state index contributed by atoms with van der Waals surface area (Å²) in [6, 6.07) is 3.51. The molecular formula is C12H22N2. The fourth-order valence-corrected chi connectivity index (χ4v) is 2.47. The van der Waals surface area contributed by atoms with E-state index in [4.69, 9.17) is 5.26 Å². The van der Waals surface area contributed by atoms with E-state index in [1.54, 1.807) is 0 Å². The molecule has 0 aliphatic heterocycles. The second kappa shape index (κ2) is 6.03. The highest BCUT2D eigenvalue weighted by molar-refractivity contribution is 4.85. The Bertz CT molecular complexity index is 189. The molecule has 1 rings (SSSR count).